The van der Waals surface area contributed by atoms with Gasteiger partial charge in [-0.3, -0.25) is 18.5 Å². The van der Waals surface area contributed by atoms with Gasteiger partial charge in [-0.15, -0.1) is 0 Å². The van der Waals surface area contributed by atoms with Gasteiger partial charge in [0.1, 0.15) is 29.8 Å². The van der Waals surface area contributed by atoms with Gasteiger partial charge in [0, 0.05) is 29.3 Å². The summed E-state index contributed by atoms with van der Waals surface area (Å²) >= 11 is 0. The van der Waals surface area contributed by atoms with Crippen molar-refractivity contribution in [2.75, 3.05) is 18.7 Å². The van der Waals surface area contributed by atoms with Crippen LogP contribution in [0.15, 0.2) is 146 Å². The number of rotatable bonds is 7. The predicted molar refractivity (Wildman–Crippen MR) is 205 cm³/mol. The van der Waals surface area contributed by atoms with Gasteiger partial charge >= 0.3 is 0 Å². The number of benzene rings is 6. The predicted octanol–water partition coefficient (Wildman–Crippen LogP) is 9.11. The third kappa shape index (κ3) is 5.45. The van der Waals surface area contributed by atoms with Crippen LogP contribution in [0.4, 0.5) is 0 Å². The van der Waals surface area contributed by atoms with Crippen LogP contribution in [0.1, 0.15) is 6.42 Å². The number of carbonyl (C=O) groups is 1. The van der Waals surface area contributed by atoms with Gasteiger partial charge in [0.25, 0.3) is 22.1 Å². The standard InChI is InChI=1S/C41H32NO7P3/c43-41(25-26-50(44)38-22-10-4-16-32(38)29-13-1-7-19-35(29)47-50)42(27-51(45)39-23-11-5-17-33(39)30-14-2-8-20-36(30)48-51)28-52(46)40-24-12-6-18-34(40)31-15-3-9-21-37(31)49-52/h1-24H,25-28H2. The molecule has 1 amide bonds. The molecule has 3 heterocycles. The van der Waals surface area contributed by atoms with E-state index in [2.05, 4.69) is 0 Å². The zero-order valence-corrected chi connectivity index (χ0v) is 30.5. The van der Waals surface area contributed by atoms with Crippen LogP contribution in [0.5, 0.6) is 17.2 Å². The summed E-state index contributed by atoms with van der Waals surface area (Å²) in [5, 5.41) is 1.47. The van der Waals surface area contributed by atoms with Gasteiger partial charge in [-0.2, -0.15) is 0 Å². The molecule has 0 radical (unpaired) electrons. The van der Waals surface area contributed by atoms with Crippen molar-refractivity contribution in [3.05, 3.63) is 146 Å². The smallest absolute Gasteiger partial charge is 0.296 e. The largest absolute Gasteiger partial charge is 0.439 e. The summed E-state index contributed by atoms with van der Waals surface area (Å²) in [4.78, 5) is 16.0. The normalized spacial score (nSPS) is 21.6. The maximum Gasteiger partial charge on any atom is 0.296 e. The molecular weight excluding hydrogens is 711 g/mol. The lowest BCUT2D eigenvalue weighted by Gasteiger charge is -2.36. The minimum atomic E-state index is -3.84. The molecule has 6 aromatic carbocycles. The van der Waals surface area contributed by atoms with Gasteiger partial charge in [-0.05, 0) is 53.1 Å². The van der Waals surface area contributed by atoms with Gasteiger partial charge in [0.15, 0.2) is 0 Å². The summed E-state index contributed by atoms with van der Waals surface area (Å²) in [6.45, 7) is 0. The first-order valence-electron chi connectivity index (χ1n) is 17.0. The first-order valence-corrected chi connectivity index (χ1v) is 22.4. The average Bonchev–Trinajstić information content (AvgIpc) is 3.17. The summed E-state index contributed by atoms with van der Waals surface area (Å²) < 4.78 is 63.9. The monoisotopic (exact) mass is 743 g/mol. The lowest BCUT2D eigenvalue weighted by Crippen LogP contribution is -2.39. The SMILES string of the molecule is O=C(CCP1(=O)Oc2ccccc2-c2ccccc21)N(CP1(=O)Oc2ccccc2-c2ccccc21)CP1(=O)Oc2ccccc2-c2ccccc21. The van der Waals surface area contributed by atoms with E-state index in [1.807, 2.05) is 78.9 Å². The number of hydrogen-bond donors (Lipinski definition) is 0. The Balaban J connectivity index is 1.10. The third-order valence-electron chi connectivity index (χ3n) is 9.77. The fraction of sp³-hybridized carbons (Fsp3) is 0.0976. The zero-order chi connectivity index (χ0) is 35.5. The second-order valence-electron chi connectivity index (χ2n) is 13.0. The highest BCUT2D eigenvalue weighted by molar-refractivity contribution is 7.69. The number of para-hydroxylation sites is 3. The van der Waals surface area contributed by atoms with Crippen molar-refractivity contribution < 1.29 is 32.1 Å². The van der Waals surface area contributed by atoms with Gasteiger partial charge in [0.2, 0.25) is 5.91 Å². The number of nitrogens with zero attached hydrogens (tertiary/aromatic N) is 1. The van der Waals surface area contributed by atoms with Crippen LogP contribution in [-0.2, 0) is 18.5 Å². The van der Waals surface area contributed by atoms with E-state index in [4.69, 9.17) is 13.6 Å². The van der Waals surface area contributed by atoms with Crippen molar-refractivity contribution in [3.8, 4) is 50.6 Å². The molecule has 0 aromatic heterocycles. The molecule has 6 aromatic rings. The van der Waals surface area contributed by atoms with E-state index in [1.165, 1.54) is 4.90 Å². The second-order valence-corrected chi connectivity index (χ2v) is 20.1. The van der Waals surface area contributed by atoms with Crippen molar-refractivity contribution in [3.63, 3.8) is 0 Å². The molecule has 0 spiro atoms. The van der Waals surface area contributed by atoms with Crippen LogP contribution >= 0.6 is 22.1 Å². The summed E-state index contributed by atoms with van der Waals surface area (Å²) in [5.41, 5.74) is 4.70. The Morgan fingerprint density at radius 3 is 1.13 bits per heavy atom. The maximum absolute atomic E-state index is 15.2. The Hall–Kier alpha value is -5.12. The van der Waals surface area contributed by atoms with E-state index in [0.717, 1.165) is 33.4 Å². The summed E-state index contributed by atoms with van der Waals surface area (Å²) in [7, 11) is -11.3. The Morgan fingerprint density at radius 1 is 0.423 bits per heavy atom. The molecule has 258 valence electrons. The minimum absolute atomic E-state index is 0.122. The van der Waals surface area contributed by atoms with E-state index in [1.54, 1.807) is 66.7 Å². The Kier molecular flexibility index (Phi) is 7.89. The quantitative estimate of drug-likeness (QED) is 0.151. The van der Waals surface area contributed by atoms with Gasteiger partial charge in [-0.1, -0.05) is 109 Å². The molecule has 0 N–H and O–H groups in total. The van der Waals surface area contributed by atoms with Crippen LogP contribution in [0.3, 0.4) is 0 Å². The molecule has 0 bridgehead atoms. The van der Waals surface area contributed by atoms with Crippen LogP contribution in [0.25, 0.3) is 33.4 Å². The van der Waals surface area contributed by atoms with Crippen molar-refractivity contribution in [2.45, 2.75) is 6.42 Å². The highest BCUT2D eigenvalue weighted by Crippen LogP contribution is 2.59. The van der Waals surface area contributed by atoms with E-state index in [0.29, 0.717) is 33.2 Å². The van der Waals surface area contributed by atoms with Crippen molar-refractivity contribution >= 4 is 43.9 Å². The van der Waals surface area contributed by atoms with Crippen LogP contribution in [-0.4, -0.2) is 29.5 Å². The second kappa shape index (κ2) is 12.5. The Morgan fingerprint density at radius 2 is 0.731 bits per heavy atom. The number of fused-ring (bicyclic) bond motifs is 9. The lowest BCUT2D eigenvalue weighted by molar-refractivity contribution is -0.129. The maximum atomic E-state index is 15.2. The molecule has 11 heteroatoms. The molecule has 0 fully saturated rings. The van der Waals surface area contributed by atoms with E-state index in [9.17, 15) is 9.36 Å². The third-order valence-corrected chi connectivity index (χ3v) is 16.9. The lowest BCUT2D eigenvalue weighted by atomic mass is 10.0. The number of amides is 1. The van der Waals surface area contributed by atoms with Crippen molar-refractivity contribution in [1.82, 2.24) is 4.90 Å². The zero-order valence-electron chi connectivity index (χ0n) is 27.8. The molecule has 8 nitrogen and oxygen atoms in total. The van der Waals surface area contributed by atoms with E-state index >= 15 is 9.13 Å². The molecular formula is C41H32NO7P3. The topological polar surface area (TPSA) is 99.2 Å². The van der Waals surface area contributed by atoms with Crippen molar-refractivity contribution in [2.24, 2.45) is 0 Å². The summed E-state index contributed by atoms with van der Waals surface area (Å²) in [6.07, 6.45) is -1.11. The van der Waals surface area contributed by atoms with Gasteiger partial charge in [0.05, 0.1) is 15.9 Å². The van der Waals surface area contributed by atoms with E-state index < -0.39 is 28.0 Å². The Labute approximate surface area is 301 Å². The minimum Gasteiger partial charge on any atom is -0.439 e. The molecule has 0 saturated carbocycles. The molecule has 3 aliphatic heterocycles. The molecule has 0 aliphatic carbocycles. The fourth-order valence-corrected chi connectivity index (χ4v) is 14.5. The Bertz CT molecular complexity index is 2460. The highest BCUT2D eigenvalue weighted by Gasteiger charge is 2.44. The molecule has 3 aliphatic rings. The molecule has 0 saturated heterocycles. The first kappa shape index (κ1) is 32.8. The summed E-state index contributed by atoms with van der Waals surface area (Å²) in [5.74, 6) is 0.860. The number of carbonyl (C=O) groups excluding carboxylic acids is 1. The molecule has 9 rings (SSSR count). The van der Waals surface area contributed by atoms with Gasteiger partial charge < -0.3 is 18.5 Å². The fourth-order valence-electron chi connectivity index (χ4n) is 7.35. The van der Waals surface area contributed by atoms with Crippen molar-refractivity contribution in [1.29, 1.82) is 0 Å². The van der Waals surface area contributed by atoms with Crippen LogP contribution in [0, 0.1) is 0 Å². The molecule has 52 heavy (non-hydrogen) atoms. The molecule has 3 unspecified atom stereocenters. The highest BCUT2D eigenvalue weighted by atomic mass is 31.2. The summed E-state index contributed by atoms with van der Waals surface area (Å²) in [6, 6.07) is 44.1. The average molecular weight is 744 g/mol. The number of hydrogen-bond acceptors (Lipinski definition) is 7. The van der Waals surface area contributed by atoms with E-state index in [-0.39, 0.29) is 25.2 Å². The van der Waals surface area contributed by atoms with Crippen LogP contribution < -0.4 is 29.5 Å². The van der Waals surface area contributed by atoms with Gasteiger partial charge in [-0.25, -0.2) is 0 Å². The molecule has 3 atom stereocenters. The van der Waals surface area contributed by atoms with Crippen LogP contribution in [0.2, 0.25) is 0 Å². The first-order chi connectivity index (χ1) is 25.2.